The molecule has 174 valence electrons. The van der Waals surface area contributed by atoms with Gasteiger partial charge in [-0.15, -0.1) is 0 Å². The van der Waals surface area contributed by atoms with Gasteiger partial charge < -0.3 is 10.2 Å². The molecule has 1 aliphatic carbocycles. The molecule has 0 saturated heterocycles. The molecule has 3 nitrogen and oxygen atoms in total. The first-order valence-corrected chi connectivity index (χ1v) is 13.7. The van der Waals surface area contributed by atoms with Crippen molar-refractivity contribution in [3.63, 3.8) is 0 Å². The van der Waals surface area contributed by atoms with Crippen molar-refractivity contribution in [2.45, 2.75) is 89.6 Å². The highest BCUT2D eigenvalue weighted by Crippen LogP contribution is 2.48. The van der Waals surface area contributed by atoms with Gasteiger partial charge in [0, 0.05) is 12.2 Å². The fraction of sp³-hybridized carbons (Fsp3) is 0.640. The van der Waals surface area contributed by atoms with Gasteiger partial charge in [-0.25, -0.2) is 8.78 Å². The van der Waals surface area contributed by atoms with Crippen molar-refractivity contribution >= 4 is 8.32 Å². The van der Waals surface area contributed by atoms with Gasteiger partial charge in [-0.2, -0.15) is 0 Å². The molecule has 0 aromatic carbocycles. The predicted molar refractivity (Wildman–Crippen MR) is 128 cm³/mol. The monoisotopic (exact) mass is 450 g/mol. The SMILES string of the molecule is CC(C)[Si](OC1CCC(C/C=C\C=C(\F)CF)C(N)c2cccnc21)(C(C)C)C(C)C. The fourth-order valence-electron chi connectivity index (χ4n) is 5.42. The van der Waals surface area contributed by atoms with Gasteiger partial charge in [0.25, 0.3) is 0 Å². The predicted octanol–water partition coefficient (Wildman–Crippen LogP) is 7.49. The van der Waals surface area contributed by atoms with E-state index in [1.807, 2.05) is 18.3 Å². The van der Waals surface area contributed by atoms with E-state index in [2.05, 4.69) is 47.6 Å². The number of allylic oxidation sites excluding steroid dienone is 4. The Labute approximate surface area is 188 Å². The smallest absolute Gasteiger partial charge is 0.201 e. The molecule has 3 atom stereocenters. The minimum Gasteiger partial charge on any atom is -0.408 e. The largest absolute Gasteiger partial charge is 0.408 e. The second-order valence-corrected chi connectivity index (χ2v) is 15.1. The number of alkyl halides is 1. The molecular weight excluding hydrogens is 410 g/mol. The zero-order chi connectivity index (χ0) is 23.2. The summed E-state index contributed by atoms with van der Waals surface area (Å²) in [5, 5.41) is 0. The van der Waals surface area contributed by atoms with Crippen LogP contribution in [0, 0.1) is 5.92 Å². The average Bonchev–Trinajstić information content (AvgIpc) is 2.85. The van der Waals surface area contributed by atoms with Crippen LogP contribution < -0.4 is 5.73 Å². The maximum absolute atomic E-state index is 13.0. The van der Waals surface area contributed by atoms with E-state index in [1.54, 1.807) is 6.08 Å². The maximum Gasteiger partial charge on any atom is 0.201 e. The van der Waals surface area contributed by atoms with Crippen LogP contribution in [0.15, 0.2) is 42.4 Å². The summed E-state index contributed by atoms with van der Waals surface area (Å²) in [4.78, 5) is 4.74. The Hall–Kier alpha value is -1.37. The second kappa shape index (κ2) is 11.5. The molecule has 1 aromatic rings. The Bertz CT molecular complexity index is 742. The van der Waals surface area contributed by atoms with E-state index in [1.165, 1.54) is 6.08 Å². The fourth-order valence-corrected chi connectivity index (χ4v) is 11.0. The van der Waals surface area contributed by atoms with Gasteiger partial charge in [0.05, 0.1) is 11.8 Å². The third-order valence-electron chi connectivity index (χ3n) is 6.88. The van der Waals surface area contributed by atoms with Crippen LogP contribution >= 0.6 is 0 Å². The zero-order valence-corrected chi connectivity index (χ0v) is 20.9. The number of nitrogens with zero attached hydrogens (tertiary/aromatic N) is 1. The number of hydrogen-bond acceptors (Lipinski definition) is 3. The van der Waals surface area contributed by atoms with Crippen molar-refractivity contribution < 1.29 is 13.2 Å². The Morgan fingerprint density at radius 2 is 1.84 bits per heavy atom. The van der Waals surface area contributed by atoms with E-state index >= 15 is 0 Å². The molecule has 0 fully saturated rings. The average molecular weight is 451 g/mol. The Balaban J connectivity index is 2.33. The minimum absolute atomic E-state index is 0.0565. The molecule has 1 aliphatic rings. The van der Waals surface area contributed by atoms with E-state index in [0.717, 1.165) is 24.1 Å². The molecule has 2 N–H and O–H groups in total. The normalized spacial score (nSPS) is 23.1. The van der Waals surface area contributed by atoms with E-state index in [9.17, 15) is 8.78 Å². The zero-order valence-electron chi connectivity index (χ0n) is 19.9. The van der Waals surface area contributed by atoms with Crippen LogP contribution in [-0.4, -0.2) is 20.0 Å². The molecule has 2 rings (SSSR count). The van der Waals surface area contributed by atoms with Crippen LogP contribution in [0.1, 0.15) is 84.2 Å². The van der Waals surface area contributed by atoms with E-state index in [-0.39, 0.29) is 18.1 Å². The number of hydrogen-bond donors (Lipinski definition) is 1. The Morgan fingerprint density at radius 3 is 2.42 bits per heavy atom. The van der Waals surface area contributed by atoms with Gasteiger partial charge in [-0.3, -0.25) is 4.98 Å². The quantitative estimate of drug-likeness (QED) is 0.241. The summed E-state index contributed by atoms with van der Waals surface area (Å²) in [6, 6.07) is 3.84. The van der Waals surface area contributed by atoms with Gasteiger partial charge in [-0.05, 0) is 59.5 Å². The molecule has 6 heteroatoms. The highest BCUT2D eigenvalue weighted by molar-refractivity contribution is 6.77. The molecule has 1 heterocycles. The van der Waals surface area contributed by atoms with Crippen LogP contribution in [0.2, 0.25) is 16.6 Å². The van der Waals surface area contributed by atoms with Crippen molar-refractivity contribution in [3.8, 4) is 0 Å². The number of fused-ring (bicyclic) bond motifs is 1. The lowest BCUT2D eigenvalue weighted by Gasteiger charge is -2.44. The molecule has 0 aliphatic heterocycles. The summed E-state index contributed by atoms with van der Waals surface area (Å²) in [5.41, 5.74) is 10.2. The lowest BCUT2D eigenvalue weighted by Crippen LogP contribution is -2.48. The first kappa shape index (κ1) is 25.9. The summed E-state index contributed by atoms with van der Waals surface area (Å²) in [5.74, 6) is -0.565. The lowest BCUT2D eigenvalue weighted by atomic mass is 9.89. The number of rotatable bonds is 9. The van der Waals surface area contributed by atoms with Crippen molar-refractivity contribution in [1.29, 1.82) is 0 Å². The Kier molecular flexibility index (Phi) is 9.59. The third kappa shape index (κ3) is 5.91. The van der Waals surface area contributed by atoms with Gasteiger partial charge >= 0.3 is 0 Å². The van der Waals surface area contributed by atoms with Gasteiger partial charge in [0.2, 0.25) is 8.32 Å². The highest BCUT2D eigenvalue weighted by Gasteiger charge is 2.47. The van der Waals surface area contributed by atoms with E-state index in [4.69, 9.17) is 15.1 Å². The summed E-state index contributed by atoms with van der Waals surface area (Å²) in [6.45, 7) is 12.7. The van der Waals surface area contributed by atoms with E-state index < -0.39 is 20.8 Å². The summed E-state index contributed by atoms with van der Waals surface area (Å²) in [7, 11) is -2.08. The van der Waals surface area contributed by atoms with Crippen molar-refractivity contribution in [2.24, 2.45) is 11.7 Å². The summed E-state index contributed by atoms with van der Waals surface area (Å²) >= 11 is 0. The van der Waals surface area contributed by atoms with Gasteiger partial charge in [0.15, 0.2) is 0 Å². The third-order valence-corrected chi connectivity index (χ3v) is 13.0. The minimum atomic E-state index is -2.08. The molecule has 3 unspecified atom stereocenters. The van der Waals surface area contributed by atoms with Crippen molar-refractivity contribution in [1.82, 2.24) is 4.98 Å². The number of halogens is 2. The topological polar surface area (TPSA) is 48.1 Å². The van der Waals surface area contributed by atoms with Crippen molar-refractivity contribution in [2.75, 3.05) is 6.67 Å². The molecule has 0 saturated carbocycles. The van der Waals surface area contributed by atoms with Gasteiger partial charge in [0.1, 0.15) is 12.5 Å². The van der Waals surface area contributed by atoms with Crippen molar-refractivity contribution in [3.05, 3.63) is 53.6 Å². The second-order valence-electron chi connectivity index (χ2n) is 9.68. The lowest BCUT2D eigenvalue weighted by molar-refractivity contribution is 0.157. The highest BCUT2D eigenvalue weighted by atomic mass is 28.4. The summed E-state index contributed by atoms with van der Waals surface area (Å²) < 4.78 is 32.5. The maximum atomic E-state index is 13.0. The van der Waals surface area contributed by atoms with Crippen LogP contribution in [-0.2, 0) is 4.43 Å². The van der Waals surface area contributed by atoms with Crippen LogP contribution in [0.3, 0.4) is 0 Å². The van der Waals surface area contributed by atoms with Crippen LogP contribution in [0.25, 0.3) is 0 Å². The molecule has 31 heavy (non-hydrogen) atoms. The molecule has 0 bridgehead atoms. The standard InChI is InChI=1S/C25H40F2N2OSi/c1-17(2)31(18(3)4,19(5)6)30-23-14-13-20(10-7-8-11-21(27)16-26)24(28)22-12-9-15-29-25(22)23/h7-9,11-12,15,17-20,23-24H,10,13-14,16,28H2,1-6H3/b8-7-,21-11+. The number of aromatic nitrogens is 1. The Morgan fingerprint density at radius 1 is 1.19 bits per heavy atom. The van der Waals surface area contributed by atoms with Crippen LogP contribution in [0.4, 0.5) is 8.78 Å². The number of pyridine rings is 1. The first-order chi connectivity index (χ1) is 14.6. The summed E-state index contributed by atoms with van der Waals surface area (Å²) in [6.07, 6.45) is 8.89. The first-order valence-electron chi connectivity index (χ1n) is 11.6. The van der Waals surface area contributed by atoms with Gasteiger partial charge in [-0.1, -0.05) is 59.8 Å². The molecule has 0 spiro atoms. The molecule has 1 aromatic heterocycles. The molecule has 0 radical (unpaired) electrons. The molecular formula is C25H40F2N2OSi. The number of nitrogens with two attached hydrogens (primary N) is 1. The van der Waals surface area contributed by atoms with E-state index in [0.29, 0.717) is 23.0 Å². The van der Waals surface area contributed by atoms with Crippen LogP contribution in [0.5, 0.6) is 0 Å². The molecule has 0 amide bonds.